The Balaban J connectivity index is 2.14. The van der Waals surface area contributed by atoms with Crippen molar-refractivity contribution in [2.24, 2.45) is 9.98 Å². The fourth-order valence-corrected chi connectivity index (χ4v) is 3.46. The lowest BCUT2D eigenvalue weighted by atomic mass is 10.2. The Bertz CT molecular complexity index is 1710. The van der Waals surface area contributed by atoms with Crippen LogP contribution in [0.4, 0.5) is 11.4 Å². The van der Waals surface area contributed by atoms with E-state index in [0.29, 0.717) is 13.7 Å². The Morgan fingerprint density at radius 1 is 0.639 bits per heavy atom. The Hall–Kier alpha value is -5.88. The molecular formula is C24H12N6O6. The minimum Gasteiger partial charge on any atom is -0.388 e. The van der Waals surface area contributed by atoms with Crippen molar-refractivity contribution in [3.8, 4) is 29.1 Å². The topological polar surface area (TPSA) is 158 Å². The quantitative estimate of drug-likeness (QED) is 0.232. The molecule has 0 bridgehead atoms. The number of rotatable bonds is 6. The molecule has 1 aromatic heterocycles. The van der Waals surface area contributed by atoms with Gasteiger partial charge in [-0.3, -0.25) is 0 Å². The number of aliphatic imine (C=N–C) groups is 2. The molecule has 0 fully saturated rings. The molecule has 0 atom stereocenters. The second kappa shape index (κ2) is 9.94. The molecule has 0 aliphatic rings. The van der Waals surface area contributed by atoms with Crippen molar-refractivity contribution >= 4 is 23.5 Å². The first kappa shape index (κ1) is 23.3. The number of isocyanates is 2. The third-order valence-electron chi connectivity index (χ3n) is 4.91. The predicted molar refractivity (Wildman–Crippen MR) is 125 cm³/mol. The minimum atomic E-state index is -1.04. The van der Waals surface area contributed by atoms with Gasteiger partial charge in [0.2, 0.25) is 12.2 Å². The van der Waals surface area contributed by atoms with Crippen LogP contribution >= 0.6 is 0 Å². The third kappa shape index (κ3) is 4.33. The molecule has 0 amide bonds. The van der Waals surface area contributed by atoms with Crippen LogP contribution in [0.25, 0.3) is 17.1 Å². The van der Waals surface area contributed by atoms with Crippen molar-refractivity contribution in [3.05, 3.63) is 104 Å². The number of ether oxygens (including phenoxy) is 1. The molecule has 0 unspecified atom stereocenters. The zero-order valence-corrected chi connectivity index (χ0v) is 18.1. The molecule has 12 nitrogen and oxygen atoms in total. The van der Waals surface area contributed by atoms with Crippen LogP contribution in [0.2, 0.25) is 0 Å². The largest absolute Gasteiger partial charge is 0.388 e. The van der Waals surface area contributed by atoms with Crippen LogP contribution in [-0.2, 0) is 9.59 Å². The lowest BCUT2D eigenvalue weighted by Crippen LogP contribution is -2.52. The zero-order chi connectivity index (χ0) is 25.7. The third-order valence-corrected chi connectivity index (χ3v) is 4.91. The van der Waals surface area contributed by atoms with Crippen molar-refractivity contribution < 1.29 is 14.3 Å². The predicted octanol–water partition coefficient (Wildman–Crippen LogP) is 1.93. The summed E-state index contributed by atoms with van der Waals surface area (Å²) < 4.78 is 6.92. The van der Waals surface area contributed by atoms with Crippen LogP contribution in [-0.4, -0.2) is 25.9 Å². The van der Waals surface area contributed by atoms with Crippen LogP contribution in [0.3, 0.4) is 0 Å². The molecule has 0 saturated heterocycles. The summed E-state index contributed by atoms with van der Waals surface area (Å²) in [6, 6.07) is 16.8. The number of nitriles is 1. The normalized spacial score (nSPS) is 9.97. The first-order chi connectivity index (χ1) is 17.5. The fraction of sp³-hybridized carbons (Fsp3) is 0. The minimum absolute atomic E-state index is 0.00406. The van der Waals surface area contributed by atoms with E-state index >= 15 is 0 Å². The number of hydrogen-bond donors (Lipinski definition) is 0. The van der Waals surface area contributed by atoms with Gasteiger partial charge in [-0.2, -0.15) is 9.98 Å². The van der Waals surface area contributed by atoms with E-state index in [2.05, 4.69) is 9.98 Å². The molecule has 0 N–H and O–H groups in total. The highest BCUT2D eigenvalue weighted by molar-refractivity contribution is 5.55. The van der Waals surface area contributed by atoms with Gasteiger partial charge < -0.3 is 4.74 Å². The first-order valence-corrected chi connectivity index (χ1v) is 10.0. The van der Waals surface area contributed by atoms with Gasteiger partial charge in [-0.05, 0) is 48.5 Å². The van der Waals surface area contributed by atoms with E-state index in [0.717, 1.165) is 0 Å². The Kier molecular flexibility index (Phi) is 6.43. The summed E-state index contributed by atoms with van der Waals surface area (Å²) in [4.78, 5) is 69.0. The van der Waals surface area contributed by atoms with E-state index in [9.17, 15) is 24.0 Å². The highest BCUT2D eigenvalue weighted by Crippen LogP contribution is 2.18. The van der Waals surface area contributed by atoms with Gasteiger partial charge in [0.25, 0.3) is 6.26 Å². The first-order valence-electron chi connectivity index (χ1n) is 10.0. The average molecular weight is 480 g/mol. The summed E-state index contributed by atoms with van der Waals surface area (Å²) in [7, 11) is 0. The summed E-state index contributed by atoms with van der Waals surface area (Å²) in [5, 5.41) is 8.83. The van der Waals surface area contributed by atoms with Crippen LogP contribution in [0.1, 0.15) is 0 Å². The van der Waals surface area contributed by atoms with Crippen molar-refractivity contribution in [2.45, 2.75) is 0 Å². The lowest BCUT2D eigenvalue weighted by molar-refractivity contribution is 0.506. The van der Waals surface area contributed by atoms with Crippen molar-refractivity contribution in [1.82, 2.24) is 13.7 Å². The fourth-order valence-electron chi connectivity index (χ4n) is 3.46. The van der Waals surface area contributed by atoms with Crippen LogP contribution < -0.4 is 21.8 Å². The zero-order valence-electron chi connectivity index (χ0n) is 18.1. The van der Waals surface area contributed by atoms with Gasteiger partial charge in [-0.1, -0.05) is 18.2 Å². The SMILES string of the molecule is N#COc1cccc(-n2c(=O)n(-c3cccc(N=C=O)c3)c(=O)n(-c3cccc(N=C=O)c3)c2=O)c1. The molecular weight excluding hydrogens is 468 g/mol. The molecule has 4 rings (SSSR count). The molecule has 0 radical (unpaired) electrons. The van der Waals surface area contributed by atoms with Crippen molar-refractivity contribution in [1.29, 1.82) is 5.26 Å². The van der Waals surface area contributed by atoms with Crippen LogP contribution in [0.15, 0.2) is 97.2 Å². The van der Waals surface area contributed by atoms with E-state index in [1.54, 1.807) is 0 Å². The maximum absolute atomic E-state index is 13.5. The number of hydrogen-bond acceptors (Lipinski definition) is 9. The second-order valence-corrected chi connectivity index (χ2v) is 6.99. The summed E-state index contributed by atoms with van der Waals surface area (Å²) in [6.07, 6.45) is 4.26. The average Bonchev–Trinajstić information content (AvgIpc) is 2.85. The number of aromatic nitrogens is 3. The van der Waals surface area contributed by atoms with Crippen molar-refractivity contribution in [2.75, 3.05) is 0 Å². The Morgan fingerprint density at radius 2 is 1.06 bits per heavy atom. The van der Waals surface area contributed by atoms with Gasteiger partial charge in [0, 0.05) is 6.07 Å². The summed E-state index contributed by atoms with van der Waals surface area (Å²) >= 11 is 0. The number of benzene rings is 3. The number of nitrogens with zero attached hydrogens (tertiary/aromatic N) is 6. The smallest absolute Gasteiger partial charge is 0.345 e. The summed E-state index contributed by atoms with van der Waals surface area (Å²) in [6.45, 7) is 0. The van der Waals surface area contributed by atoms with Gasteiger partial charge >= 0.3 is 17.1 Å². The van der Waals surface area contributed by atoms with Gasteiger partial charge in [-0.25, -0.2) is 37.7 Å². The number of carbonyl (C=O) groups excluding carboxylic acids is 2. The van der Waals surface area contributed by atoms with Gasteiger partial charge in [0.1, 0.15) is 5.75 Å². The second-order valence-electron chi connectivity index (χ2n) is 6.99. The highest BCUT2D eigenvalue weighted by atomic mass is 16.5. The molecule has 0 saturated carbocycles. The molecule has 174 valence electrons. The monoisotopic (exact) mass is 480 g/mol. The Labute approximate surface area is 200 Å². The van der Waals surface area contributed by atoms with E-state index in [1.165, 1.54) is 91.2 Å². The van der Waals surface area contributed by atoms with E-state index in [4.69, 9.17) is 10.00 Å². The van der Waals surface area contributed by atoms with Gasteiger partial charge in [0.05, 0.1) is 28.4 Å². The lowest BCUT2D eigenvalue weighted by Gasteiger charge is -2.15. The van der Waals surface area contributed by atoms with Gasteiger partial charge in [0.15, 0.2) is 0 Å². The molecule has 36 heavy (non-hydrogen) atoms. The van der Waals surface area contributed by atoms with Crippen LogP contribution in [0, 0.1) is 11.5 Å². The molecule has 0 aliphatic heterocycles. The van der Waals surface area contributed by atoms with E-state index < -0.39 is 17.1 Å². The van der Waals surface area contributed by atoms with Crippen LogP contribution in [0.5, 0.6) is 5.75 Å². The maximum atomic E-state index is 13.5. The molecule has 3 aromatic carbocycles. The maximum Gasteiger partial charge on any atom is 0.345 e. The molecule has 0 spiro atoms. The Morgan fingerprint density at radius 3 is 1.47 bits per heavy atom. The molecule has 1 heterocycles. The standard InChI is InChI=1S/C24H12N6O6/c25-13-36-21-9-3-8-20(12-21)30-23(34)28(18-6-1-4-16(10-18)26-14-31)22(33)29(24(30)35)19-7-2-5-17(11-19)27-15-32/h1-12H. The van der Waals surface area contributed by atoms with Crippen molar-refractivity contribution in [3.63, 3.8) is 0 Å². The van der Waals surface area contributed by atoms with E-state index in [-0.39, 0.29) is 34.2 Å². The van der Waals surface area contributed by atoms with E-state index in [1.807, 2.05) is 0 Å². The molecule has 12 heteroatoms. The highest BCUT2D eigenvalue weighted by Gasteiger charge is 2.20. The summed E-state index contributed by atoms with van der Waals surface area (Å²) in [5.74, 6) is 0.0511. The molecule has 4 aromatic rings. The summed E-state index contributed by atoms with van der Waals surface area (Å²) in [5.41, 5.74) is -2.86. The molecule has 0 aliphatic carbocycles. The van der Waals surface area contributed by atoms with Gasteiger partial charge in [-0.15, -0.1) is 5.26 Å².